The molecule has 0 saturated carbocycles. The van der Waals surface area contributed by atoms with Gasteiger partial charge in [-0.15, -0.1) is 0 Å². The number of aromatic nitrogens is 4. The van der Waals surface area contributed by atoms with E-state index >= 15 is 0 Å². The van der Waals surface area contributed by atoms with Gasteiger partial charge < -0.3 is 10.2 Å². The number of aryl methyl sites for hydroxylation is 2. The fourth-order valence-corrected chi connectivity index (χ4v) is 3.63. The molecule has 0 bridgehead atoms. The summed E-state index contributed by atoms with van der Waals surface area (Å²) in [5.74, 6) is 1.66. The Bertz CT molecular complexity index is 905. The van der Waals surface area contributed by atoms with E-state index in [1.807, 2.05) is 24.0 Å². The Morgan fingerprint density at radius 2 is 1.71 bits per heavy atom. The van der Waals surface area contributed by atoms with Gasteiger partial charge >= 0.3 is 0 Å². The lowest BCUT2D eigenvalue weighted by Gasteiger charge is -2.30. The number of nitrogens with one attached hydrogen (secondary N) is 1. The van der Waals surface area contributed by atoms with E-state index in [-0.39, 0.29) is 0 Å². The molecule has 1 aliphatic heterocycles. The summed E-state index contributed by atoms with van der Waals surface area (Å²) in [7, 11) is 0. The maximum atomic E-state index is 4.57. The third kappa shape index (κ3) is 4.16. The predicted octanol–water partition coefficient (Wildman–Crippen LogP) is 4.13. The second-order valence-corrected chi connectivity index (χ2v) is 7.80. The van der Waals surface area contributed by atoms with E-state index < -0.39 is 0 Å². The van der Waals surface area contributed by atoms with Gasteiger partial charge in [0.1, 0.15) is 0 Å². The molecular formula is C22H28N6. The molecule has 146 valence electrons. The fourth-order valence-electron chi connectivity index (χ4n) is 3.63. The van der Waals surface area contributed by atoms with Crippen molar-refractivity contribution in [2.24, 2.45) is 5.92 Å². The molecule has 1 aliphatic rings. The van der Waals surface area contributed by atoms with Gasteiger partial charge in [0.15, 0.2) is 0 Å². The maximum Gasteiger partial charge on any atom is 0.225 e. The van der Waals surface area contributed by atoms with Crippen LogP contribution in [0.15, 0.2) is 42.7 Å². The SMILES string of the molecule is Cc1cc(C)n(-c2ccc(NCc3cnc(N4CCC(C)CC4)nc3)cc2)n1. The van der Waals surface area contributed by atoms with Crippen molar-refractivity contribution in [1.82, 2.24) is 19.7 Å². The van der Waals surface area contributed by atoms with Crippen LogP contribution in [0.4, 0.5) is 11.6 Å². The minimum atomic E-state index is 0.705. The topological polar surface area (TPSA) is 58.9 Å². The normalized spacial score (nSPS) is 15.0. The maximum absolute atomic E-state index is 4.57. The first kappa shape index (κ1) is 18.5. The van der Waals surface area contributed by atoms with Crippen molar-refractivity contribution in [2.45, 2.75) is 40.2 Å². The number of nitrogens with zero attached hydrogens (tertiary/aromatic N) is 5. The first-order valence-corrected chi connectivity index (χ1v) is 10.0. The molecule has 1 N–H and O–H groups in total. The molecular weight excluding hydrogens is 348 g/mol. The Hall–Kier alpha value is -2.89. The average Bonchev–Trinajstić information content (AvgIpc) is 3.06. The summed E-state index contributed by atoms with van der Waals surface area (Å²) in [6.07, 6.45) is 6.30. The Kier molecular flexibility index (Phi) is 5.28. The number of hydrogen-bond donors (Lipinski definition) is 1. The molecule has 0 aliphatic carbocycles. The number of piperidine rings is 1. The van der Waals surface area contributed by atoms with Gasteiger partial charge in [-0.2, -0.15) is 5.10 Å². The van der Waals surface area contributed by atoms with Crippen LogP contribution in [0.5, 0.6) is 0 Å². The zero-order valence-electron chi connectivity index (χ0n) is 16.9. The van der Waals surface area contributed by atoms with E-state index in [0.717, 1.165) is 53.3 Å². The van der Waals surface area contributed by atoms with E-state index in [4.69, 9.17) is 0 Å². The van der Waals surface area contributed by atoms with E-state index in [1.54, 1.807) is 0 Å². The van der Waals surface area contributed by atoms with Gasteiger partial charge in [0.25, 0.3) is 0 Å². The minimum Gasteiger partial charge on any atom is -0.381 e. The van der Waals surface area contributed by atoms with E-state index in [2.05, 4.69) is 69.5 Å². The minimum absolute atomic E-state index is 0.705. The van der Waals surface area contributed by atoms with Crippen LogP contribution < -0.4 is 10.2 Å². The van der Waals surface area contributed by atoms with Crippen LogP contribution in [0.2, 0.25) is 0 Å². The highest BCUT2D eigenvalue weighted by Gasteiger charge is 2.17. The average molecular weight is 377 g/mol. The summed E-state index contributed by atoms with van der Waals surface area (Å²) in [5, 5.41) is 7.97. The Balaban J connectivity index is 1.35. The summed E-state index contributed by atoms with van der Waals surface area (Å²) in [5.41, 5.74) is 5.39. The molecule has 4 rings (SSSR count). The van der Waals surface area contributed by atoms with E-state index in [9.17, 15) is 0 Å². The van der Waals surface area contributed by atoms with Crippen LogP contribution in [0.25, 0.3) is 5.69 Å². The van der Waals surface area contributed by atoms with Gasteiger partial charge in [-0.1, -0.05) is 6.92 Å². The number of anilines is 2. The molecule has 1 saturated heterocycles. The van der Waals surface area contributed by atoms with Crippen LogP contribution in [-0.4, -0.2) is 32.8 Å². The van der Waals surface area contributed by atoms with Gasteiger partial charge in [0.2, 0.25) is 5.95 Å². The van der Waals surface area contributed by atoms with Gasteiger partial charge in [0, 0.05) is 49.0 Å². The summed E-state index contributed by atoms with van der Waals surface area (Å²) in [4.78, 5) is 11.4. The zero-order valence-corrected chi connectivity index (χ0v) is 16.9. The third-order valence-corrected chi connectivity index (χ3v) is 5.38. The lowest BCUT2D eigenvalue weighted by atomic mass is 10.00. The highest BCUT2D eigenvalue weighted by atomic mass is 15.3. The molecule has 0 amide bonds. The molecule has 6 nitrogen and oxygen atoms in total. The lowest BCUT2D eigenvalue weighted by Crippen LogP contribution is -2.34. The van der Waals surface area contributed by atoms with Gasteiger partial charge in [-0.05, 0) is 62.9 Å². The van der Waals surface area contributed by atoms with Gasteiger partial charge in [0.05, 0.1) is 11.4 Å². The highest BCUT2D eigenvalue weighted by molar-refractivity contribution is 5.49. The molecule has 28 heavy (non-hydrogen) atoms. The molecule has 6 heteroatoms. The second kappa shape index (κ2) is 8.00. The lowest BCUT2D eigenvalue weighted by molar-refractivity contribution is 0.434. The smallest absolute Gasteiger partial charge is 0.225 e. The third-order valence-electron chi connectivity index (χ3n) is 5.38. The van der Waals surface area contributed by atoms with Crippen molar-refractivity contribution < 1.29 is 0 Å². The molecule has 3 heterocycles. The van der Waals surface area contributed by atoms with Crippen molar-refractivity contribution in [3.63, 3.8) is 0 Å². The Labute approximate surface area is 166 Å². The summed E-state index contributed by atoms with van der Waals surface area (Å²) in [6, 6.07) is 10.4. The van der Waals surface area contributed by atoms with Gasteiger partial charge in [-0.3, -0.25) is 0 Å². The Morgan fingerprint density at radius 1 is 1.04 bits per heavy atom. The second-order valence-electron chi connectivity index (χ2n) is 7.80. The van der Waals surface area contributed by atoms with Crippen LogP contribution in [0.1, 0.15) is 36.7 Å². The number of benzene rings is 1. The zero-order chi connectivity index (χ0) is 19.5. The summed E-state index contributed by atoms with van der Waals surface area (Å²) in [6.45, 7) is 9.22. The van der Waals surface area contributed by atoms with Crippen LogP contribution in [0, 0.1) is 19.8 Å². The van der Waals surface area contributed by atoms with Crippen LogP contribution >= 0.6 is 0 Å². The molecule has 1 fully saturated rings. The van der Waals surface area contributed by atoms with Crippen molar-refractivity contribution >= 4 is 11.6 Å². The van der Waals surface area contributed by atoms with Crippen LogP contribution in [0.3, 0.4) is 0 Å². The first-order chi connectivity index (χ1) is 13.6. The van der Waals surface area contributed by atoms with Crippen LogP contribution in [-0.2, 0) is 6.54 Å². The first-order valence-electron chi connectivity index (χ1n) is 10.0. The predicted molar refractivity (Wildman–Crippen MR) is 113 cm³/mol. The molecule has 0 radical (unpaired) electrons. The van der Waals surface area contributed by atoms with Crippen molar-refractivity contribution in [1.29, 1.82) is 0 Å². The molecule has 2 aromatic heterocycles. The van der Waals surface area contributed by atoms with Gasteiger partial charge in [-0.25, -0.2) is 14.6 Å². The monoisotopic (exact) mass is 376 g/mol. The number of hydrogen-bond acceptors (Lipinski definition) is 5. The molecule has 0 atom stereocenters. The van der Waals surface area contributed by atoms with Crippen molar-refractivity contribution in [3.05, 3.63) is 59.7 Å². The standard InChI is InChI=1S/C22H28N6/c1-16-8-10-27(11-9-16)22-24-14-19(15-25-22)13-23-20-4-6-21(7-5-20)28-18(3)12-17(2)26-28/h4-7,12,14-16,23H,8-11,13H2,1-3H3. The quantitative estimate of drug-likeness (QED) is 0.726. The fraction of sp³-hybridized carbons (Fsp3) is 0.409. The Morgan fingerprint density at radius 3 is 2.32 bits per heavy atom. The number of rotatable bonds is 5. The van der Waals surface area contributed by atoms with Crippen molar-refractivity contribution in [2.75, 3.05) is 23.3 Å². The molecule has 1 aromatic carbocycles. The molecule has 0 spiro atoms. The highest BCUT2D eigenvalue weighted by Crippen LogP contribution is 2.20. The summed E-state index contributed by atoms with van der Waals surface area (Å²) < 4.78 is 1.97. The van der Waals surface area contributed by atoms with Crippen molar-refractivity contribution in [3.8, 4) is 5.69 Å². The summed E-state index contributed by atoms with van der Waals surface area (Å²) >= 11 is 0. The molecule has 3 aromatic rings. The van der Waals surface area contributed by atoms with E-state index in [1.165, 1.54) is 12.8 Å². The van der Waals surface area contributed by atoms with E-state index in [0.29, 0.717) is 6.54 Å². The largest absolute Gasteiger partial charge is 0.381 e. The molecule has 0 unspecified atom stereocenters.